The van der Waals surface area contributed by atoms with Crippen LogP contribution in [-0.2, 0) is 0 Å². The topological polar surface area (TPSA) is 39.2 Å². The van der Waals surface area contributed by atoms with Gasteiger partial charge in [0.1, 0.15) is 17.2 Å². The highest BCUT2D eigenvalue weighted by atomic mass is 79.9. The monoisotopic (exact) mass is 325 g/mol. The third-order valence-electron chi connectivity index (χ3n) is 2.22. The van der Waals surface area contributed by atoms with Crippen molar-refractivity contribution in [1.29, 1.82) is 0 Å². The Morgan fingerprint density at radius 3 is 2.67 bits per heavy atom. The van der Waals surface area contributed by atoms with Gasteiger partial charge in [-0.1, -0.05) is 27.5 Å². The number of nitrogens with zero attached hydrogens (tertiary/aromatic N) is 1. The molecule has 0 saturated carbocycles. The normalized spacial score (nSPS) is 10.2. The van der Waals surface area contributed by atoms with E-state index in [0.717, 1.165) is 4.47 Å². The van der Waals surface area contributed by atoms with Crippen molar-refractivity contribution in [2.24, 2.45) is 0 Å². The van der Waals surface area contributed by atoms with Crippen LogP contribution >= 0.6 is 27.5 Å². The Bertz CT molecular complexity index is 584. The minimum atomic E-state index is -0.0803. The van der Waals surface area contributed by atoms with E-state index in [4.69, 9.17) is 16.3 Å². The molecule has 0 N–H and O–H groups in total. The number of aromatic nitrogens is 1. The number of carbonyl (C=O) groups excluding carboxylic acids is 1. The Kier molecular flexibility index (Phi) is 3.99. The molecule has 0 atom stereocenters. The van der Waals surface area contributed by atoms with Gasteiger partial charge in [0.15, 0.2) is 5.78 Å². The molecule has 0 saturated heterocycles. The van der Waals surface area contributed by atoms with E-state index in [9.17, 15) is 4.79 Å². The molecule has 2 aromatic rings. The number of hydrogen-bond donors (Lipinski definition) is 0. The van der Waals surface area contributed by atoms with Crippen LogP contribution in [0.25, 0.3) is 0 Å². The van der Waals surface area contributed by atoms with Crippen LogP contribution in [0.4, 0.5) is 0 Å². The van der Waals surface area contributed by atoms with Gasteiger partial charge in [0.2, 0.25) is 0 Å². The number of carbonyl (C=O) groups is 1. The summed E-state index contributed by atoms with van der Waals surface area (Å²) in [5.74, 6) is 0.990. The lowest BCUT2D eigenvalue weighted by atomic mass is 10.3. The molecule has 2 rings (SSSR count). The molecule has 1 aromatic heterocycles. The van der Waals surface area contributed by atoms with Crippen LogP contribution in [0.2, 0.25) is 5.02 Å². The Morgan fingerprint density at radius 1 is 1.33 bits per heavy atom. The van der Waals surface area contributed by atoms with Gasteiger partial charge >= 0.3 is 0 Å². The number of ketones is 1. The highest BCUT2D eigenvalue weighted by Crippen LogP contribution is 2.31. The maximum absolute atomic E-state index is 11.1. The number of hydrogen-bond acceptors (Lipinski definition) is 3. The van der Waals surface area contributed by atoms with Gasteiger partial charge in [-0.25, -0.2) is 4.98 Å². The van der Waals surface area contributed by atoms with Crippen molar-refractivity contribution < 1.29 is 9.53 Å². The van der Waals surface area contributed by atoms with E-state index >= 15 is 0 Å². The minimum Gasteiger partial charge on any atom is -0.454 e. The number of ether oxygens (including phenoxy) is 1. The zero-order chi connectivity index (χ0) is 13.1. The van der Waals surface area contributed by atoms with Gasteiger partial charge in [-0.3, -0.25) is 4.79 Å². The van der Waals surface area contributed by atoms with Gasteiger partial charge in [-0.15, -0.1) is 0 Å². The molecule has 5 heteroatoms. The van der Waals surface area contributed by atoms with Crippen LogP contribution in [0.5, 0.6) is 11.5 Å². The second kappa shape index (κ2) is 5.50. The molecule has 3 nitrogen and oxygen atoms in total. The van der Waals surface area contributed by atoms with Gasteiger partial charge < -0.3 is 4.74 Å². The van der Waals surface area contributed by atoms with Gasteiger partial charge in [0, 0.05) is 11.4 Å². The summed E-state index contributed by atoms with van der Waals surface area (Å²) in [6.07, 6.45) is 1.50. The fraction of sp³-hybridized carbons (Fsp3) is 0.0769. The van der Waals surface area contributed by atoms with Crippen LogP contribution in [0.15, 0.2) is 41.0 Å². The highest BCUT2D eigenvalue weighted by Gasteiger charge is 2.05. The van der Waals surface area contributed by atoms with Crippen molar-refractivity contribution >= 4 is 33.3 Å². The summed E-state index contributed by atoms with van der Waals surface area (Å²) in [7, 11) is 0. The molecule has 0 bridgehead atoms. The van der Waals surface area contributed by atoms with E-state index in [1.807, 2.05) is 6.07 Å². The standard InChI is InChI=1S/C13H9BrClNO2/c1-8(17)12-4-3-10(7-16-12)18-13-5-2-9(14)6-11(13)15/h2-7H,1H3. The first-order valence-electron chi connectivity index (χ1n) is 5.16. The summed E-state index contributed by atoms with van der Waals surface area (Å²) in [5.41, 5.74) is 0.407. The first kappa shape index (κ1) is 13.1. The first-order valence-corrected chi connectivity index (χ1v) is 6.33. The van der Waals surface area contributed by atoms with E-state index in [2.05, 4.69) is 20.9 Å². The van der Waals surface area contributed by atoms with Crippen molar-refractivity contribution in [3.63, 3.8) is 0 Å². The average molecular weight is 327 g/mol. The van der Waals surface area contributed by atoms with E-state index < -0.39 is 0 Å². The molecule has 0 unspecified atom stereocenters. The van der Waals surface area contributed by atoms with Crippen molar-refractivity contribution in [3.05, 3.63) is 51.7 Å². The molecule has 0 aliphatic carbocycles. The zero-order valence-electron chi connectivity index (χ0n) is 9.48. The summed E-state index contributed by atoms with van der Waals surface area (Å²) in [6.45, 7) is 1.47. The van der Waals surface area contributed by atoms with Crippen LogP contribution in [0.1, 0.15) is 17.4 Å². The lowest BCUT2D eigenvalue weighted by Crippen LogP contribution is -1.96. The van der Waals surface area contributed by atoms with Crippen molar-refractivity contribution in [3.8, 4) is 11.5 Å². The summed E-state index contributed by atoms with van der Waals surface area (Å²) >= 11 is 9.35. The van der Waals surface area contributed by atoms with Crippen molar-refractivity contribution in [2.45, 2.75) is 6.92 Å². The van der Waals surface area contributed by atoms with Gasteiger partial charge in [0.25, 0.3) is 0 Å². The zero-order valence-corrected chi connectivity index (χ0v) is 11.8. The fourth-order valence-electron chi connectivity index (χ4n) is 1.33. The second-order valence-electron chi connectivity index (χ2n) is 3.61. The number of benzene rings is 1. The minimum absolute atomic E-state index is 0.0803. The number of halogens is 2. The largest absolute Gasteiger partial charge is 0.454 e. The maximum Gasteiger partial charge on any atom is 0.178 e. The molecule has 0 aliphatic heterocycles. The molecule has 0 radical (unpaired) electrons. The van der Waals surface area contributed by atoms with Gasteiger partial charge in [0.05, 0.1) is 11.2 Å². The quantitative estimate of drug-likeness (QED) is 0.780. The molecule has 0 amide bonds. The Hall–Kier alpha value is -1.39. The Labute approximate surface area is 118 Å². The van der Waals surface area contributed by atoms with Crippen molar-refractivity contribution in [1.82, 2.24) is 4.98 Å². The molecule has 1 aromatic carbocycles. The lowest BCUT2D eigenvalue weighted by molar-refractivity contribution is 0.101. The summed E-state index contributed by atoms with van der Waals surface area (Å²) < 4.78 is 6.45. The highest BCUT2D eigenvalue weighted by molar-refractivity contribution is 9.10. The smallest absolute Gasteiger partial charge is 0.178 e. The third-order valence-corrected chi connectivity index (χ3v) is 3.01. The summed E-state index contributed by atoms with van der Waals surface area (Å²) in [4.78, 5) is 15.1. The number of rotatable bonds is 3. The molecular formula is C13H9BrClNO2. The van der Waals surface area contributed by atoms with E-state index in [1.54, 1.807) is 24.3 Å². The number of Topliss-reactive ketones (excluding diaryl/α,β-unsaturated/α-hetero) is 1. The van der Waals surface area contributed by atoms with Gasteiger partial charge in [-0.05, 0) is 30.3 Å². The predicted octanol–water partition coefficient (Wildman–Crippen LogP) is 4.49. The molecule has 0 aliphatic rings. The van der Waals surface area contributed by atoms with Crippen LogP contribution in [0.3, 0.4) is 0 Å². The predicted molar refractivity (Wildman–Crippen MR) is 73.5 cm³/mol. The SMILES string of the molecule is CC(=O)c1ccc(Oc2ccc(Br)cc2Cl)cn1. The van der Waals surface area contributed by atoms with Crippen LogP contribution < -0.4 is 4.74 Å². The fourth-order valence-corrected chi connectivity index (χ4v) is 2.05. The number of pyridine rings is 1. The second-order valence-corrected chi connectivity index (χ2v) is 4.94. The molecule has 92 valence electrons. The Balaban J connectivity index is 2.21. The molecule has 0 fully saturated rings. The first-order chi connectivity index (χ1) is 8.56. The van der Waals surface area contributed by atoms with E-state index in [0.29, 0.717) is 22.2 Å². The van der Waals surface area contributed by atoms with Crippen LogP contribution in [-0.4, -0.2) is 10.8 Å². The van der Waals surface area contributed by atoms with Crippen LogP contribution in [0, 0.1) is 0 Å². The summed E-state index contributed by atoms with van der Waals surface area (Å²) in [6, 6.07) is 8.63. The van der Waals surface area contributed by atoms with Gasteiger partial charge in [-0.2, -0.15) is 0 Å². The summed E-state index contributed by atoms with van der Waals surface area (Å²) in [5, 5.41) is 0.500. The average Bonchev–Trinajstić information content (AvgIpc) is 2.33. The molecule has 1 heterocycles. The lowest BCUT2D eigenvalue weighted by Gasteiger charge is -2.07. The molecular weight excluding hydrogens is 318 g/mol. The van der Waals surface area contributed by atoms with E-state index in [-0.39, 0.29) is 5.78 Å². The molecule has 18 heavy (non-hydrogen) atoms. The molecule has 0 spiro atoms. The maximum atomic E-state index is 11.1. The van der Waals surface area contributed by atoms with Crippen molar-refractivity contribution in [2.75, 3.05) is 0 Å². The van der Waals surface area contributed by atoms with E-state index in [1.165, 1.54) is 13.1 Å². The Morgan fingerprint density at radius 2 is 2.11 bits per heavy atom. The third kappa shape index (κ3) is 3.09.